The number of rotatable bonds is 4. The van der Waals surface area contributed by atoms with Crippen molar-refractivity contribution in [3.8, 4) is 0 Å². The van der Waals surface area contributed by atoms with Crippen LogP contribution in [0.5, 0.6) is 0 Å². The van der Waals surface area contributed by atoms with Gasteiger partial charge in [0.1, 0.15) is 10.8 Å². The Balaban J connectivity index is 1.59. The van der Waals surface area contributed by atoms with Gasteiger partial charge in [-0.05, 0) is 43.6 Å². The number of piperidine rings is 1. The number of oxime groups is 1. The summed E-state index contributed by atoms with van der Waals surface area (Å²) in [5.41, 5.74) is 2.79. The molecule has 0 N–H and O–H groups in total. The molecule has 0 radical (unpaired) electrons. The largest absolute Gasteiger partial charge is 0.359 e. The topological polar surface area (TPSA) is 37.7 Å². The minimum Gasteiger partial charge on any atom is -0.359 e. The molecule has 1 saturated heterocycles. The van der Waals surface area contributed by atoms with Gasteiger partial charge >= 0.3 is 0 Å². The van der Waals surface area contributed by atoms with E-state index in [1.54, 1.807) is 23.5 Å². The van der Waals surface area contributed by atoms with Crippen molar-refractivity contribution in [1.29, 1.82) is 0 Å². The highest BCUT2D eigenvalue weighted by Crippen LogP contribution is 2.31. The van der Waals surface area contributed by atoms with E-state index < -0.39 is 0 Å². The number of thiazole rings is 1. The molecule has 130 valence electrons. The van der Waals surface area contributed by atoms with E-state index in [1.807, 2.05) is 11.6 Å². The maximum atomic E-state index is 13.2. The first-order chi connectivity index (χ1) is 12.3. The van der Waals surface area contributed by atoms with Crippen LogP contribution in [0.15, 0.2) is 46.8 Å². The summed E-state index contributed by atoms with van der Waals surface area (Å²) in [6, 6.07) is 6.39. The van der Waals surface area contributed by atoms with E-state index in [4.69, 9.17) is 4.84 Å². The molecule has 0 unspecified atom stereocenters. The molecule has 1 fully saturated rings. The zero-order valence-corrected chi connectivity index (χ0v) is 14.8. The van der Waals surface area contributed by atoms with Crippen molar-refractivity contribution in [2.24, 2.45) is 5.16 Å². The third kappa shape index (κ3) is 3.80. The van der Waals surface area contributed by atoms with Gasteiger partial charge in [-0.3, -0.25) is 4.90 Å². The summed E-state index contributed by atoms with van der Waals surface area (Å²) >= 11 is 1.61. The van der Waals surface area contributed by atoms with E-state index in [-0.39, 0.29) is 5.82 Å². The number of allylic oxidation sites excluding steroid dienone is 1. The minimum atomic E-state index is -0.248. The predicted octanol–water partition coefficient (Wildman–Crippen LogP) is 4.30. The lowest BCUT2D eigenvalue weighted by molar-refractivity contribution is 0.162. The molecule has 1 aromatic carbocycles. The summed E-state index contributed by atoms with van der Waals surface area (Å²) in [4.78, 5) is 12.7. The maximum Gasteiger partial charge on any atom is 0.155 e. The summed E-state index contributed by atoms with van der Waals surface area (Å²) in [5, 5.41) is 7.27. The number of nitrogens with zero attached hydrogens (tertiary/aromatic N) is 3. The zero-order chi connectivity index (χ0) is 17.1. The first kappa shape index (κ1) is 16.4. The van der Waals surface area contributed by atoms with E-state index in [1.165, 1.54) is 31.4 Å². The predicted molar refractivity (Wildman–Crippen MR) is 98.0 cm³/mol. The number of aromatic nitrogens is 1. The second-order valence-corrected chi connectivity index (χ2v) is 7.28. The SMILES string of the molecule is Fc1ccc(C2=NOC(CN3CCCCC3)=C(c3nccs3)C2)cc1. The summed E-state index contributed by atoms with van der Waals surface area (Å²) < 4.78 is 13.2. The lowest BCUT2D eigenvalue weighted by Crippen LogP contribution is -2.32. The van der Waals surface area contributed by atoms with Crippen LogP contribution in [-0.2, 0) is 4.84 Å². The van der Waals surface area contributed by atoms with Crippen LogP contribution in [0.4, 0.5) is 4.39 Å². The van der Waals surface area contributed by atoms with Crippen molar-refractivity contribution in [3.05, 3.63) is 58.0 Å². The Morgan fingerprint density at radius 1 is 1.12 bits per heavy atom. The molecule has 0 atom stereocenters. The molecule has 0 saturated carbocycles. The number of halogens is 1. The van der Waals surface area contributed by atoms with Gasteiger partial charge in [-0.25, -0.2) is 9.37 Å². The van der Waals surface area contributed by atoms with Crippen molar-refractivity contribution in [1.82, 2.24) is 9.88 Å². The highest BCUT2D eigenvalue weighted by molar-refractivity contribution is 7.10. The number of hydrogen-bond donors (Lipinski definition) is 0. The molecule has 0 aliphatic carbocycles. The summed E-state index contributed by atoms with van der Waals surface area (Å²) in [6.07, 6.45) is 6.26. The summed E-state index contributed by atoms with van der Waals surface area (Å²) in [6.45, 7) is 2.98. The van der Waals surface area contributed by atoms with Gasteiger partial charge in [0.25, 0.3) is 0 Å². The van der Waals surface area contributed by atoms with E-state index >= 15 is 0 Å². The number of benzene rings is 1. The molecule has 0 spiro atoms. The van der Waals surface area contributed by atoms with E-state index in [9.17, 15) is 4.39 Å². The third-order valence-electron chi connectivity index (χ3n) is 4.63. The minimum absolute atomic E-state index is 0.248. The summed E-state index contributed by atoms with van der Waals surface area (Å²) in [7, 11) is 0. The van der Waals surface area contributed by atoms with Gasteiger partial charge < -0.3 is 4.84 Å². The summed E-state index contributed by atoms with van der Waals surface area (Å²) in [5.74, 6) is 0.644. The molecule has 1 aromatic heterocycles. The monoisotopic (exact) mass is 357 g/mol. The second-order valence-electron chi connectivity index (χ2n) is 6.39. The first-order valence-electron chi connectivity index (χ1n) is 8.63. The van der Waals surface area contributed by atoms with Crippen LogP contribution in [0.1, 0.15) is 36.3 Å². The molecule has 2 aromatic rings. The molecule has 4 nitrogen and oxygen atoms in total. The Bertz CT molecular complexity index is 778. The standard InChI is InChI=1S/C19H20FN3OS/c20-15-6-4-14(5-7-15)17-12-16(19-21-8-11-25-19)18(24-22-17)13-23-9-2-1-3-10-23/h4-8,11H,1-3,9-10,12-13H2. The van der Waals surface area contributed by atoms with E-state index in [2.05, 4.69) is 15.0 Å². The maximum absolute atomic E-state index is 13.2. The van der Waals surface area contributed by atoms with Gasteiger partial charge in [0, 0.05) is 23.6 Å². The van der Waals surface area contributed by atoms with Gasteiger partial charge in [-0.1, -0.05) is 23.7 Å². The third-order valence-corrected chi connectivity index (χ3v) is 5.46. The van der Waals surface area contributed by atoms with E-state index in [0.29, 0.717) is 6.42 Å². The highest BCUT2D eigenvalue weighted by Gasteiger charge is 2.24. The molecule has 3 heterocycles. The Kier molecular flexibility index (Phi) is 4.90. The Morgan fingerprint density at radius 2 is 1.92 bits per heavy atom. The smallest absolute Gasteiger partial charge is 0.155 e. The Morgan fingerprint density at radius 3 is 2.64 bits per heavy atom. The molecule has 0 amide bonds. The van der Waals surface area contributed by atoms with Crippen molar-refractivity contribution >= 4 is 22.6 Å². The fourth-order valence-corrected chi connectivity index (χ4v) is 3.97. The first-order valence-corrected chi connectivity index (χ1v) is 9.51. The van der Waals surface area contributed by atoms with Crippen LogP contribution in [0.3, 0.4) is 0 Å². The van der Waals surface area contributed by atoms with Crippen LogP contribution >= 0.6 is 11.3 Å². The Labute approximate surface area is 150 Å². The van der Waals surface area contributed by atoms with Crippen LogP contribution < -0.4 is 0 Å². The molecular formula is C19H20FN3OS. The number of likely N-dealkylation sites (tertiary alicyclic amines) is 1. The van der Waals surface area contributed by atoms with Crippen molar-refractivity contribution in [2.75, 3.05) is 19.6 Å². The van der Waals surface area contributed by atoms with Crippen LogP contribution in [0.2, 0.25) is 0 Å². The fourth-order valence-electron chi connectivity index (χ4n) is 3.27. The van der Waals surface area contributed by atoms with Crippen LogP contribution in [0.25, 0.3) is 5.57 Å². The molecule has 0 bridgehead atoms. The van der Waals surface area contributed by atoms with Crippen molar-refractivity contribution in [2.45, 2.75) is 25.7 Å². The van der Waals surface area contributed by atoms with Gasteiger partial charge in [0.15, 0.2) is 5.76 Å². The van der Waals surface area contributed by atoms with Gasteiger partial charge in [0.2, 0.25) is 0 Å². The molecule has 2 aliphatic heterocycles. The van der Waals surface area contributed by atoms with Gasteiger partial charge in [-0.2, -0.15) is 0 Å². The average Bonchev–Trinajstić information content (AvgIpc) is 3.18. The average molecular weight is 357 g/mol. The lowest BCUT2D eigenvalue weighted by Gasteiger charge is -2.28. The van der Waals surface area contributed by atoms with Crippen molar-refractivity contribution in [3.63, 3.8) is 0 Å². The Hall–Kier alpha value is -2.05. The lowest BCUT2D eigenvalue weighted by atomic mass is 10.0. The van der Waals surface area contributed by atoms with Crippen LogP contribution in [0, 0.1) is 5.82 Å². The highest BCUT2D eigenvalue weighted by atomic mass is 32.1. The zero-order valence-electron chi connectivity index (χ0n) is 13.9. The number of hydrogen-bond acceptors (Lipinski definition) is 5. The van der Waals surface area contributed by atoms with Gasteiger partial charge in [0.05, 0.1) is 12.3 Å². The molecule has 25 heavy (non-hydrogen) atoms. The molecule has 6 heteroatoms. The molecule has 2 aliphatic rings. The molecule has 4 rings (SSSR count). The van der Waals surface area contributed by atoms with Gasteiger partial charge in [-0.15, -0.1) is 11.3 Å². The quantitative estimate of drug-likeness (QED) is 0.819. The molecular weight excluding hydrogens is 337 g/mol. The fraction of sp³-hybridized carbons (Fsp3) is 0.368. The second kappa shape index (κ2) is 7.45. The normalized spacial score (nSPS) is 18.8. The van der Waals surface area contributed by atoms with E-state index in [0.717, 1.165) is 47.2 Å². The van der Waals surface area contributed by atoms with Crippen LogP contribution in [-0.4, -0.2) is 35.2 Å². The van der Waals surface area contributed by atoms with Crippen molar-refractivity contribution < 1.29 is 9.23 Å².